The molecule has 2 rings (SSSR count). The van der Waals surface area contributed by atoms with Gasteiger partial charge in [0.25, 0.3) is 0 Å². The average molecular weight is 315 g/mol. The maximum atomic E-state index is 12.8. The van der Waals surface area contributed by atoms with Gasteiger partial charge in [0.1, 0.15) is 11.9 Å². The number of carbonyl (C=O) groups is 1. The van der Waals surface area contributed by atoms with Crippen molar-refractivity contribution in [2.75, 3.05) is 18.8 Å². The Kier molecular flexibility index (Phi) is 4.95. The first-order chi connectivity index (χ1) is 9.88. The van der Waals surface area contributed by atoms with Crippen molar-refractivity contribution in [2.45, 2.75) is 25.9 Å². The number of carbonyl (C=O) groups excluding carboxylic acids is 1. The first-order valence-corrected chi connectivity index (χ1v) is 8.42. The molecule has 1 saturated heterocycles. The van der Waals surface area contributed by atoms with Crippen molar-refractivity contribution >= 4 is 16.0 Å². The fourth-order valence-electron chi connectivity index (χ4n) is 2.22. The molecule has 5 nitrogen and oxygen atoms in total. The van der Waals surface area contributed by atoms with Crippen LogP contribution in [0.25, 0.3) is 0 Å². The Morgan fingerprint density at radius 1 is 1.38 bits per heavy atom. The average Bonchev–Trinajstić information content (AvgIpc) is 2.76. The van der Waals surface area contributed by atoms with Gasteiger partial charge in [0.15, 0.2) is 0 Å². The topological polar surface area (TPSA) is 63.7 Å². The van der Waals surface area contributed by atoms with Crippen LogP contribution < -0.4 is 0 Å². The van der Waals surface area contributed by atoms with Crippen molar-refractivity contribution in [3.63, 3.8) is 0 Å². The summed E-state index contributed by atoms with van der Waals surface area (Å²) in [5, 5.41) is 0. The SMILES string of the molecule is CC(OC(=O)CCN1CCCS1(=O)=O)c1ccc(F)cc1. The fraction of sp³-hybridized carbons (Fsp3) is 0.500. The number of esters is 1. The van der Waals surface area contributed by atoms with E-state index in [1.807, 2.05) is 0 Å². The molecule has 1 fully saturated rings. The normalized spacial score (nSPS) is 19.3. The monoisotopic (exact) mass is 315 g/mol. The summed E-state index contributed by atoms with van der Waals surface area (Å²) in [6.07, 6.45) is 0.127. The third-order valence-electron chi connectivity index (χ3n) is 3.42. The van der Waals surface area contributed by atoms with Gasteiger partial charge in [-0.05, 0) is 31.0 Å². The number of hydrogen-bond donors (Lipinski definition) is 0. The van der Waals surface area contributed by atoms with Crippen LogP contribution >= 0.6 is 0 Å². The molecule has 0 saturated carbocycles. The summed E-state index contributed by atoms with van der Waals surface area (Å²) in [7, 11) is -3.18. The van der Waals surface area contributed by atoms with E-state index in [-0.39, 0.29) is 24.5 Å². The molecule has 0 radical (unpaired) electrons. The number of nitrogens with zero attached hydrogens (tertiary/aromatic N) is 1. The molecular formula is C14H18FNO4S. The van der Waals surface area contributed by atoms with Crippen LogP contribution in [0.4, 0.5) is 4.39 Å². The van der Waals surface area contributed by atoms with Crippen molar-refractivity contribution in [2.24, 2.45) is 0 Å². The molecule has 1 aliphatic rings. The van der Waals surface area contributed by atoms with E-state index < -0.39 is 22.1 Å². The van der Waals surface area contributed by atoms with E-state index in [2.05, 4.69) is 0 Å². The second-order valence-electron chi connectivity index (χ2n) is 5.00. The third kappa shape index (κ3) is 4.25. The molecule has 1 atom stereocenters. The summed E-state index contributed by atoms with van der Waals surface area (Å²) in [5.74, 6) is -0.668. The van der Waals surface area contributed by atoms with Crippen LogP contribution in [0.3, 0.4) is 0 Å². The minimum Gasteiger partial charge on any atom is -0.458 e. The smallest absolute Gasteiger partial charge is 0.307 e. The predicted octanol–water partition coefficient (Wildman–Crippen LogP) is 1.86. The Morgan fingerprint density at radius 2 is 2.05 bits per heavy atom. The fourth-order valence-corrected chi connectivity index (χ4v) is 3.75. The van der Waals surface area contributed by atoms with Gasteiger partial charge in [-0.3, -0.25) is 4.79 Å². The summed E-state index contributed by atoms with van der Waals surface area (Å²) in [4.78, 5) is 11.7. The summed E-state index contributed by atoms with van der Waals surface area (Å²) in [5.41, 5.74) is 0.693. The van der Waals surface area contributed by atoms with E-state index in [0.717, 1.165) is 0 Å². The Labute approximate surface area is 123 Å². The molecule has 0 aliphatic carbocycles. The third-order valence-corrected chi connectivity index (χ3v) is 5.37. The van der Waals surface area contributed by atoms with Gasteiger partial charge in [0, 0.05) is 13.1 Å². The van der Waals surface area contributed by atoms with Gasteiger partial charge >= 0.3 is 5.97 Å². The van der Waals surface area contributed by atoms with Crippen LogP contribution in [-0.4, -0.2) is 37.5 Å². The number of benzene rings is 1. The highest BCUT2D eigenvalue weighted by atomic mass is 32.2. The van der Waals surface area contributed by atoms with Crippen LogP contribution in [0.15, 0.2) is 24.3 Å². The lowest BCUT2D eigenvalue weighted by Crippen LogP contribution is -2.28. The van der Waals surface area contributed by atoms with Gasteiger partial charge in [-0.1, -0.05) is 12.1 Å². The van der Waals surface area contributed by atoms with E-state index in [1.54, 1.807) is 19.1 Å². The number of sulfonamides is 1. The molecule has 1 heterocycles. The zero-order chi connectivity index (χ0) is 15.5. The lowest BCUT2D eigenvalue weighted by Gasteiger charge is -2.16. The minimum absolute atomic E-state index is 0.0186. The zero-order valence-electron chi connectivity index (χ0n) is 11.8. The Balaban J connectivity index is 1.83. The van der Waals surface area contributed by atoms with E-state index in [4.69, 9.17) is 4.74 Å². The summed E-state index contributed by atoms with van der Waals surface area (Å²) in [6, 6.07) is 5.71. The number of halogens is 1. The second kappa shape index (κ2) is 6.53. The molecule has 1 unspecified atom stereocenters. The highest BCUT2D eigenvalue weighted by molar-refractivity contribution is 7.89. The molecule has 0 bridgehead atoms. The zero-order valence-corrected chi connectivity index (χ0v) is 12.6. The largest absolute Gasteiger partial charge is 0.458 e. The van der Waals surface area contributed by atoms with Gasteiger partial charge in [0.2, 0.25) is 10.0 Å². The highest BCUT2D eigenvalue weighted by Gasteiger charge is 2.28. The van der Waals surface area contributed by atoms with Gasteiger partial charge in [-0.15, -0.1) is 0 Å². The van der Waals surface area contributed by atoms with Gasteiger partial charge in [-0.25, -0.2) is 17.1 Å². The molecular weight excluding hydrogens is 297 g/mol. The van der Waals surface area contributed by atoms with Crippen LogP contribution in [0.1, 0.15) is 31.4 Å². The molecule has 116 valence electrons. The molecule has 7 heteroatoms. The van der Waals surface area contributed by atoms with E-state index in [1.165, 1.54) is 16.4 Å². The number of hydrogen-bond acceptors (Lipinski definition) is 4. The van der Waals surface area contributed by atoms with Gasteiger partial charge < -0.3 is 4.74 Å². The standard InChI is InChI=1S/C14H18FNO4S/c1-11(12-3-5-13(15)6-4-12)20-14(17)7-9-16-8-2-10-21(16,18)19/h3-6,11H,2,7-10H2,1H3. The summed E-state index contributed by atoms with van der Waals surface area (Å²) < 4.78 is 42.5. The van der Waals surface area contributed by atoms with Crippen molar-refractivity contribution in [1.82, 2.24) is 4.31 Å². The Bertz CT molecular complexity index is 600. The van der Waals surface area contributed by atoms with Crippen LogP contribution in [0.5, 0.6) is 0 Å². The molecule has 1 aliphatic heterocycles. The molecule has 1 aromatic rings. The molecule has 1 aromatic carbocycles. The van der Waals surface area contributed by atoms with Crippen molar-refractivity contribution in [3.05, 3.63) is 35.6 Å². The van der Waals surface area contributed by atoms with Crippen molar-refractivity contribution in [1.29, 1.82) is 0 Å². The summed E-state index contributed by atoms with van der Waals surface area (Å²) in [6.45, 7) is 2.30. The van der Waals surface area contributed by atoms with Crippen LogP contribution in [-0.2, 0) is 19.6 Å². The maximum absolute atomic E-state index is 12.8. The minimum atomic E-state index is -3.18. The Morgan fingerprint density at radius 3 is 2.62 bits per heavy atom. The van der Waals surface area contributed by atoms with E-state index >= 15 is 0 Å². The first-order valence-electron chi connectivity index (χ1n) is 6.81. The molecule has 0 aromatic heterocycles. The predicted molar refractivity (Wildman–Crippen MR) is 75.5 cm³/mol. The molecule has 21 heavy (non-hydrogen) atoms. The van der Waals surface area contributed by atoms with Crippen molar-refractivity contribution in [3.8, 4) is 0 Å². The summed E-state index contributed by atoms with van der Waals surface area (Å²) >= 11 is 0. The number of rotatable bonds is 5. The quantitative estimate of drug-likeness (QED) is 0.778. The lowest BCUT2D eigenvalue weighted by molar-refractivity contribution is -0.148. The second-order valence-corrected chi connectivity index (χ2v) is 7.09. The number of ether oxygens (including phenoxy) is 1. The van der Waals surface area contributed by atoms with E-state index in [0.29, 0.717) is 18.5 Å². The Hall–Kier alpha value is -1.47. The highest BCUT2D eigenvalue weighted by Crippen LogP contribution is 2.18. The maximum Gasteiger partial charge on any atom is 0.307 e. The lowest BCUT2D eigenvalue weighted by atomic mass is 10.1. The van der Waals surface area contributed by atoms with Crippen molar-refractivity contribution < 1.29 is 22.3 Å². The van der Waals surface area contributed by atoms with E-state index in [9.17, 15) is 17.6 Å². The molecule has 0 N–H and O–H groups in total. The molecule has 0 amide bonds. The van der Waals surface area contributed by atoms with Crippen LogP contribution in [0, 0.1) is 5.82 Å². The molecule has 0 spiro atoms. The van der Waals surface area contributed by atoms with Gasteiger partial charge in [0.05, 0.1) is 12.2 Å². The first kappa shape index (κ1) is 15.9. The van der Waals surface area contributed by atoms with Gasteiger partial charge in [-0.2, -0.15) is 0 Å². The van der Waals surface area contributed by atoms with Crippen LogP contribution in [0.2, 0.25) is 0 Å².